The molecule has 0 aliphatic heterocycles. The first-order valence-corrected chi connectivity index (χ1v) is 3.10. The van der Waals surface area contributed by atoms with Crippen molar-refractivity contribution in [3.8, 4) is 0 Å². The highest BCUT2D eigenvalue weighted by Crippen LogP contribution is 2.11. The molecule has 1 aliphatic rings. The molecule has 0 heterocycles. The Kier molecular flexibility index (Phi) is 1.59. The number of allylic oxidation sites excluding steroid dienone is 3. The van der Waals surface area contributed by atoms with Crippen molar-refractivity contribution in [1.29, 1.82) is 0 Å². The van der Waals surface area contributed by atoms with Gasteiger partial charge < -0.3 is 0 Å². The van der Waals surface area contributed by atoms with Gasteiger partial charge in [0.2, 0.25) is 0 Å². The molecule has 0 saturated carbocycles. The highest BCUT2D eigenvalue weighted by molar-refractivity contribution is 7.80. The monoisotopic (exact) mass is 124 g/mol. The number of hydrogen-bond donors (Lipinski definition) is 0. The first kappa shape index (κ1) is 5.70. The fourth-order valence-electron chi connectivity index (χ4n) is 0.694. The highest BCUT2D eigenvalue weighted by atomic mass is 32.1. The maximum atomic E-state index is 4.98. The van der Waals surface area contributed by atoms with Crippen molar-refractivity contribution in [1.82, 2.24) is 0 Å². The van der Waals surface area contributed by atoms with Crippen LogP contribution in [0, 0.1) is 0 Å². The van der Waals surface area contributed by atoms with Crippen LogP contribution < -0.4 is 0 Å². The first-order valence-electron chi connectivity index (χ1n) is 2.69. The Labute approximate surface area is 54.9 Å². The zero-order valence-corrected chi connectivity index (χ0v) is 5.50. The minimum absolute atomic E-state index is 1.02. The summed E-state index contributed by atoms with van der Waals surface area (Å²) in [7, 11) is 0. The predicted octanol–water partition coefficient (Wildman–Crippen LogP) is 2.26. The lowest BCUT2D eigenvalue weighted by molar-refractivity contribution is 1.09. The second kappa shape index (κ2) is 2.23. The fourth-order valence-corrected chi connectivity index (χ4v) is 0.879. The smallest absolute Gasteiger partial charge is 0.0221 e. The number of hydrogen-bond acceptors (Lipinski definition) is 1. The minimum Gasteiger partial charge on any atom is -0.0907 e. The highest BCUT2D eigenvalue weighted by Gasteiger charge is 2.01. The average Bonchev–Trinajstić information content (AvgIpc) is 1.77. The Balaban J connectivity index is 2.75. The summed E-state index contributed by atoms with van der Waals surface area (Å²) in [5.74, 6) is 0. The second-order valence-electron chi connectivity index (χ2n) is 1.89. The summed E-state index contributed by atoms with van der Waals surface area (Å²) >= 11 is 4.98. The quantitative estimate of drug-likeness (QED) is 0.352. The van der Waals surface area contributed by atoms with E-state index in [2.05, 4.69) is 12.7 Å². The Morgan fingerprint density at radius 3 is 2.75 bits per heavy atom. The lowest BCUT2D eigenvalue weighted by Crippen LogP contribution is -1.98. The normalized spacial score (nSPS) is 19.5. The van der Waals surface area contributed by atoms with Crippen molar-refractivity contribution in [2.24, 2.45) is 0 Å². The molecule has 0 amide bonds. The minimum atomic E-state index is 1.02. The van der Waals surface area contributed by atoms with Gasteiger partial charge in [0.1, 0.15) is 0 Å². The zero-order valence-electron chi connectivity index (χ0n) is 4.68. The lowest BCUT2D eigenvalue weighted by Gasteiger charge is -2.05. The van der Waals surface area contributed by atoms with Crippen LogP contribution in [0.2, 0.25) is 0 Å². The second-order valence-corrected chi connectivity index (χ2v) is 2.38. The van der Waals surface area contributed by atoms with E-state index in [4.69, 9.17) is 12.2 Å². The van der Waals surface area contributed by atoms with Gasteiger partial charge in [-0.25, -0.2) is 0 Å². The van der Waals surface area contributed by atoms with Gasteiger partial charge in [-0.05, 0) is 18.4 Å². The number of thiocarbonyl (C=S) groups is 1. The third-order valence-electron chi connectivity index (χ3n) is 1.22. The van der Waals surface area contributed by atoms with E-state index in [0.29, 0.717) is 0 Å². The Bertz CT molecular complexity index is 154. The van der Waals surface area contributed by atoms with E-state index in [1.807, 2.05) is 6.08 Å². The molecule has 0 fully saturated rings. The van der Waals surface area contributed by atoms with Gasteiger partial charge in [0.15, 0.2) is 0 Å². The van der Waals surface area contributed by atoms with Crippen LogP contribution in [0.3, 0.4) is 0 Å². The van der Waals surface area contributed by atoms with Gasteiger partial charge >= 0.3 is 0 Å². The summed E-state index contributed by atoms with van der Waals surface area (Å²) in [5, 5.41) is 0. The van der Waals surface area contributed by atoms with Crippen LogP contribution in [0.25, 0.3) is 0 Å². The summed E-state index contributed by atoms with van der Waals surface area (Å²) in [6.45, 7) is 3.77. The standard InChI is InChI=1S/C7H8S/c1-6-4-2-3-5-7(6)8/h2,4H,1,3,5H2. The van der Waals surface area contributed by atoms with Crippen molar-refractivity contribution in [3.63, 3.8) is 0 Å². The van der Waals surface area contributed by atoms with Crippen molar-refractivity contribution in [2.45, 2.75) is 12.8 Å². The van der Waals surface area contributed by atoms with Crippen LogP contribution >= 0.6 is 12.2 Å². The van der Waals surface area contributed by atoms with E-state index < -0.39 is 0 Å². The predicted molar refractivity (Wildman–Crippen MR) is 40.1 cm³/mol. The molecule has 0 radical (unpaired) electrons. The molecule has 0 spiro atoms. The van der Waals surface area contributed by atoms with E-state index >= 15 is 0 Å². The molecule has 0 aromatic carbocycles. The van der Waals surface area contributed by atoms with Crippen molar-refractivity contribution >= 4 is 17.1 Å². The zero-order chi connectivity index (χ0) is 5.98. The summed E-state index contributed by atoms with van der Waals surface area (Å²) in [6, 6.07) is 0. The molecule has 1 aliphatic carbocycles. The van der Waals surface area contributed by atoms with Crippen LogP contribution in [0.15, 0.2) is 24.3 Å². The number of rotatable bonds is 0. The molecule has 0 bridgehead atoms. The molecule has 0 saturated heterocycles. The van der Waals surface area contributed by atoms with Crippen LogP contribution in [0.1, 0.15) is 12.8 Å². The molecule has 0 atom stereocenters. The molecule has 0 aromatic rings. The van der Waals surface area contributed by atoms with E-state index in [1.165, 1.54) is 0 Å². The third kappa shape index (κ3) is 1.04. The summed E-state index contributed by atoms with van der Waals surface area (Å²) in [5.41, 5.74) is 1.02. The van der Waals surface area contributed by atoms with Gasteiger partial charge in [-0.3, -0.25) is 0 Å². The average molecular weight is 124 g/mol. The molecular formula is C7H8S. The molecule has 0 unspecified atom stereocenters. The van der Waals surface area contributed by atoms with E-state index in [0.717, 1.165) is 23.3 Å². The maximum Gasteiger partial charge on any atom is 0.0221 e. The Morgan fingerprint density at radius 2 is 2.38 bits per heavy atom. The van der Waals surface area contributed by atoms with Crippen LogP contribution in [0.5, 0.6) is 0 Å². The van der Waals surface area contributed by atoms with Crippen LogP contribution in [0.4, 0.5) is 0 Å². The maximum absolute atomic E-state index is 4.98. The van der Waals surface area contributed by atoms with Crippen molar-refractivity contribution in [3.05, 3.63) is 24.3 Å². The fraction of sp³-hybridized carbons (Fsp3) is 0.286. The van der Waals surface area contributed by atoms with E-state index in [9.17, 15) is 0 Å². The molecule has 0 aromatic heterocycles. The SMILES string of the molecule is C=C1C=CCCC1=S. The molecular weight excluding hydrogens is 116 g/mol. The van der Waals surface area contributed by atoms with E-state index in [-0.39, 0.29) is 0 Å². The van der Waals surface area contributed by atoms with Crippen molar-refractivity contribution < 1.29 is 0 Å². The molecule has 1 heteroatoms. The largest absolute Gasteiger partial charge is 0.0907 e. The topological polar surface area (TPSA) is 0 Å². The third-order valence-corrected chi connectivity index (χ3v) is 1.68. The lowest BCUT2D eigenvalue weighted by atomic mass is 10.0. The summed E-state index contributed by atoms with van der Waals surface area (Å²) in [6.07, 6.45) is 6.21. The molecule has 1 rings (SSSR count). The van der Waals surface area contributed by atoms with Gasteiger partial charge in [-0.2, -0.15) is 0 Å². The van der Waals surface area contributed by atoms with Gasteiger partial charge in [0.25, 0.3) is 0 Å². The molecule has 42 valence electrons. The van der Waals surface area contributed by atoms with Crippen LogP contribution in [-0.4, -0.2) is 4.86 Å². The van der Waals surface area contributed by atoms with Gasteiger partial charge in [0, 0.05) is 4.86 Å². The van der Waals surface area contributed by atoms with Gasteiger partial charge in [-0.15, -0.1) is 0 Å². The summed E-state index contributed by atoms with van der Waals surface area (Å²) in [4.78, 5) is 1.02. The summed E-state index contributed by atoms with van der Waals surface area (Å²) < 4.78 is 0. The first-order chi connectivity index (χ1) is 3.80. The van der Waals surface area contributed by atoms with Gasteiger partial charge in [-0.1, -0.05) is 30.9 Å². The van der Waals surface area contributed by atoms with Gasteiger partial charge in [0.05, 0.1) is 0 Å². The van der Waals surface area contributed by atoms with Crippen LogP contribution in [-0.2, 0) is 0 Å². The molecule has 8 heavy (non-hydrogen) atoms. The Morgan fingerprint density at radius 1 is 1.62 bits per heavy atom. The molecule has 0 nitrogen and oxygen atoms in total. The van der Waals surface area contributed by atoms with Crippen molar-refractivity contribution in [2.75, 3.05) is 0 Å². The molecule has 0 N–H and O–H groups in total. The Hall–Kier alpha value is -0.430. The van der Waals surface area contributed by atoms with E-state index in [1.54, 1.807) is 0 Å².